The third-order valence-corrected chi connectivity index (χ3v) is 5.43. The van der Waals surface area contributed by atoms with Crippen LogP contribution in [0.3, 0.4) is 0 Å². The number of aryl methyl sites for hydroxylation is 2. The molecule has 0 atom stereocenters. The van der Waals surface area contributed by atoms with Crippen LogP contribution in [0.5, 0.6) is 5.75 Å². The number of aromatic nitrogens is 4. The number of rotatable bonds is 5. The lowest BCUT2D eigenvalue weighted by molar-refractivity contribution is -0.132. The molecule has 1 amide bonds. The maximum atomic E-state index is 12.9. The molecule has 2 aromatic heterocycles. The van der Waals surface area contributed by atoms with E-state index in [1.165, 1.54) is 17.5 Å². The van der Waals surface area contributed by atoms with Gasteiger partial charge < -0.3 is 9.64 Å². The Morgan fingerprint density at radius 3 is 2.93 bits per heavy atom. The summed E-state index contributed by atoms with van der Waals surface area (Å²) in [4.78, 5) is 23.5. The van der Waals surface area contributed by atoms with E-state index < -0.39 is 0 Å². The predicted molar refractivity (Wildman–Crippen MR) is 105 cm³/mol. The minimum absolute atomic E-state index is 0.171. The fourth-order valence-electron chi connectivity index (χ4n) is 3.91. The topological polar surface area (TPSA) is 72.6 Å². The average molecular weight is 379 g/mol. The van der Waals surface area contributed by atoms with Gasteiger partial charge in [0.05, 0.1) is 6.61 Å². The van der Waals surface area contributed by atoms with Gasteiger partial charge in [-0.1, -0.05) is 6.07 Å². The zero-order valence-electron chi connectivity index (χ0n) is 16.6. The van der Waals surface area contributed by atoms with Crippen LogP contribution in [0.25, 0.3) is 5.78 Å². The predicted octanol–water partition coefficient (Wildman–Crippen LogP) is 2.66. The zero-order chi connectivity index (χ0) is 19.7. The Labute approximate surface area is 164 Å². The number of nitrogens with zero attached hydrogens (tertiary/aromatic N) is 5. The number of hydrogen-bond donors (Lipinski definition) is 0. The molecular formula is C21H25N5O2. The second kappa shape index (κ2) is 7.58. The van der Waals surface area contributed by atoms with Crippen molar-refractivity contribution in [3.05, 3.63) is 52.6 Å². The monoisotopic (exact) mass is 379 g/mol. The number of carbonyl (C=O) groups is 1. The maximum absolute atomic E-state index is 12.9. The van der Waals surface area contributed by atoms with Gasteiger partial charge in [0.25, 0.3) is 5.78 Å². The van der Waals surface area contributed by atoms with Gasteiger partial charge in [-0.2, -0.15) is 10.1 Å². The summed E-state index contributed by atoms with van der Waals surface area (Å²) in [5.74, 6) is 1.64. The summed E-state index contributed by atoms with van der Waals surface area (Å²) in [6, 6.07) is 6.20. The van der Waals surface area contributed by atoms with E-state index in [1.807, 2.05) is 31.7 Å². The first kappa shape index (κ1) is 18.4. The van der Waals surface area contributed by atoms with Crippen LogP contribution < -0.4 is 4.74 Å². The third-order valence-electron chi connectivity index (χ3n) is 5.43. The molecule has 0 saturated carbocycles. The standard InChI is InChI=1S/C21H25N5O2/c1-4-28-18-6-5-16-9-10-25(12-17(16)11-18)20(27)8-7-19-14(2)24-21-22-13-23-26(21)15(19)3/h5-6,11,13H,4,7-10,12H2,1-3H3. The summed E-state index contributed by atoms with van der Waals surface area (Å²) in [6.45, 7) is 8.00. The summed E-state index contributed by atoms with van der Waals surface area (Å²) in [5, 5.41) is 4.22. The van der Waals surface area contributed by atoms with Crippen molar-refractivity contribution in [1.82, 2.24) is 24.5 Å². The smallest absolute Gasteiger partial charge is 0.252 e. The molecule has 3 heterocycles. The molecule has 0 aliphatic carbocycles. The first-order valence-electron chi connectivity index (χ1n) is 9.75. The van der Waals surface area contributed by atoms with Crippen molar-refractivity contribution < 1.29 is 9.53 Å². The summed E-state index contributed by atoms with van der Waals surface area (Å²) in [7, 11) is 0. The van der Waals surface area contributed by atoms with Gasteiger partial charge in [0.15, 0.2) is 0 Å². The molecule has 0 spiro atoms. The van der Waals surface area contributed by atoms with Crippen molar-refractivity contribution in [2.75, 3.05) is 13.2 Å². The van der Waals surface area contributed by atoms with Crippen molar-refractivity contribution in [2.45, 2.75) is 46.6 Å². The van der Waals surface area contributed by atoms with E-state index in [2.05, 4.69) is 27.2 Å². The SMILES string of the molecule is CCOc1ccc2c(c1)CN(C(=O)CCc1c(C)nc3ncnn3c1C)CC2. The highest BCUT2D eigenvalue weighted by Crippen LogP contribution is 2.25. The van der Waals surface area contributed by atoms with Crippen LogP contribution in [0.4, 0.5) is 0 Å². The van der Waals surface area contributed by atoms with Crippen LogP contribution in [0.2, 0.25) is 0 Å². The maximum Gasteiger partial charge on any atom is 0.252 e. The lowest BCUT2D eigenvalue weighted by Gasteiger charge is -2.29. The molecule has 3 aromatic rings. The highest BCUT2D eigenvalue weighted by molar-refractivity contribution is 5.77. The molecule has 0 bridgehead atoms. The summed E-state index contributed by atoms with van der Waals surface area (Å²) >= 11 is 0. The Morgan fingerprint density at radius 1 is 1.25 bits per heavy atom. The number of benzene rings is 1. The highest BCUT2D eigenvalue weighted by atomic mass is 16.5. The largest absolute Gasteiger partial charge is 0.494 e. The van der Waals surface area contributed by atoms with E-state index >= 15 is 0 Å². The molecule has 7 heteroatoms. The number of ether oxygens (including phenoxy) is 1. The minimum atomic E-state index is 0.171. The normalized spacial score (nSPS) is 13.6. The van der Waals surface area contributed by atoms with Gasteiger partial charge in [-0.25, -0.2) is 9.50 Å². The average Bonchev–Trinajstić information content (AvgIpc) is 3.16. The van der Waals surface area contributed by atoms with Gasteiger partial charge in [-0.05, 0) is 62.4 Å². The Bertz CT molecular complexity index is 1030. The van der Waals surface area contributed by atoms with Gasteiger partial charge in [0, 0.05) is 30.9 Å². The molecule has 1 aliphatic heterocycles. The van der Waals surface area contributed by atoms with Crippen molar-refractivity contribution >= 4 is 11.7 Å². The molecule has 1 aromatic carbocycles. The lowest BCUT2D eigenvalue weighted by Crippen LogP contribution is -2.36. The van der Waals surface area contributed by atoms with Gasteiger partial charge in [0.2, 0.25) is 5.91 Å². The molecule has 0 unspecified atom stereocenters. The first-order chi connectivity index (χ1) is 13.6. The molecule has 146 valence electrons. The number of fused-ring (bicyclic) bond motifs is 2. The molecule has 1 aliphatic rings. The van der Waals surface area contributed by atoms with Crippen LogP contribution in [0, 0.1) is 13.8 Å². The van der Waals surface area contributed by atoms with Gasteiger partial charge in [0.1, 0.15) is 12.1 Å². The molecule has 0 fully saturated rings. The number of carbonyl (C=O) groups excluding carboxylic acids is 1. The van der Waals surface area contributed by atoms with Gasteiger partial charge >= 0.3 is 0 Å². The molecule has 0 N–H and O–H groups in total. The third kappa shape index (κ3) is 3.44. The van der Waals surface area contributed by atoms with Crippen molar-refractivity contribution in [3.8, 4) is 5.75 Å². The van der Waals surface area contributed by atoms with Crippen molar-refractivity contribution in [2.24, 2.45) is 0 Å². The Morgan fingerprint density at radius 2 is 2.11 bits per heavy atom. The number of amides is 1. The second-order valence-electron chi connectivity index (χ2n) is 7.16. The fraction of sp³-hybridized carbons (Fsp3) is 0.429. The quantitative estimate of drug-likeness (QED) is 0.681. The molecule has 0 radical (unpaired) electrons. The fourth-order valence-corrected chi connectivity index (χ4v) is 3.91. The van der Waals surface area contributed by atoms with Crippen molar-refractivity contribution in [3.63, 3.8) is 0 Å². The summed E-state index contributed by atoms with van der Waals surface area (Å²) in [6.07, 6.45) is 3.51. The Balaban J connectivity index is 1.46. The molecule has 4 rings (SSSR count). The molecule has 0 saturated heterocycles. The Kier molecular flexibility index (Phi) is 4.98. The summed E-state index contributed by atoms with van der Waals surface area (Å²) < 4.78 is 7.34. The van der Waals surface area contributed by atoms with Crippen LogP contribution in [-0.4, -0.2) is 43.5 Å². The Hall–Kier alpha value is -2.96. The van der Waals surface area contributed by atoms with E-state index in [0.29, 0.717) is 31.8 Å². The lowest BCUT2D eigenvalue weighted by atomic mass is 9.98. The molecular weight excluding hydrogens is 354 g/mol. The van der Waals surface area contributed by atoms with E-state index in [1.54, 1.807) is 4.52 Å². The van der Waals surface area contributed by atoms with Crippen LogP contribution in [0.15, 0.2) is 24.5 Å². The highest BCUT2D eigenvalue weighted by Gasteiger charge is 2.22. The molecule has 28 heavy (non-hydrogen) atoms. The molecule has 7 nitrogen and oxygen atoms in total. The van der Waals surface area contributed by atoms with Crippen LogP contribution >= 0.6 is 0 Å². The minimum Gasteiger partial charge on any atom is -0.494 e. The van der Waals surface area contributed by atoms with E-state index in [-0.39, 0.29) is 5.91 Å². The van der Waals surface area contributed by atoms with E-state index in [4.69, 9.17) is 4.74 Å². The van der Waals surface area contributed by atoms with E-state index in [9.17, 15) is 4.79 Å². The summed E-state index contributed by atoms with van der Waals surface area (Å²) in [5.41, 5.74) is 5.47. The zero-order valence-corrected chi connectivity index (χ0v) is 16.6. The first-order valence-corrected chi connectivity index (χ1v) is 9.75. The van der Waals surface area contributed by atoms with Crippen LogP contribution in [0.1, 0.15) is 41.4 Å². The number of hydrogen-bond acceptors (Lipinski definition) is 5. The van der Waals surface area contributed by atoms with Gasteiger partial charge in [-0.15, -0.1) is 0 Å². The van der Waals surface area contributed by atoms with Gasteiger partial charge in [-0.3, -0.25) is 4.79 Å². The van der Waals surface area contributed by atoms with E-state index in [0.717, 1.165) is 35.7 Å². The van der Waals surface area contributed by atoms with Crippen LogP contribution in [-0.2, 0) is 24.2 Å². The second-order valence-corrected chi connectivity index (χ2v) is 7.16. The van der Waals surface area contributed by atoms with Crippen molar-refractivity contribution in [1.29, 1.82) is 0 Å².